The molecule has 7 heteroatoms. The summed E-state index contributed by atoms with van der Waals surface area (Å²) in [5.41, 5.74) is 0.767. The van der Waals surface area contributed by atoms with Crippen LogP contribution in [0.5, 0.6) is 5.75 Å². The highest BCUT2D eigenvalue weighted by atomic mass is 32.1. The van der Waals surface area contributed by atoms with Crippen molar-refractivity contribution in [1.82, 2.24) is 20.1 Å². The first kappa shape index (κ1) is 15.2. The zero-order valence-corrected chi connectivity index (χ0v) is 12.6. The molecule has 0 saturated heterocycles. The van der Waals surface area contributed by atoms with Gasteiger partial charge in [-0.25, -0.2) is 0 Å². The first-order valence-corrected chi connectivity index (χ1v) is 7.20. The molecule has 1 aromatic carbocycles. The van der Waals surface area contributed by atoms with E-state index in [0.717, 1.165) is 5.56 Å². The summed E-state index contributed by atoms with van der Waals surface area (Å²) < 4.78 is 2.38. The smallest absolute Gasteiger partial charge is 0.220 e. The number of benzene rings is 1. The fraction of sp³-hybridized carbons (Fsp3) is 0.357. The molecule has 0 saturated carbocycles. The number of hydrogen-bond donors (Lipinski definition) is 3. The van der Waals surface area contributed by atoms with Crippen LogP contribution in [0.1, 0.15) is 24.7 Å². The van der Waals surface area contributed by atoms with Gasteiger partial charge in [0, 0.05) is 13.0 Å². The second kappa shape index (κ2) is 7.03. The van der Waals surface area contributed by atoms with Gasteiger partial charge >= 0.3 is 0 Å². The predicted octanol–water partition coefficient (Wildman–Crippen LogP) is 1.92. The predicted molar refractivity (Wildman–Crippen MR) is 81.4 cm³/mol. The Morgan fingerprint density at radius 2 is 2.24 bits per heavy atom. The molecule has 0 radical (unpaired) electrons. The lowest BCUT2D eigenvalue weighted by Crippen LogP contribution is -2.25. The summed E-state index contributed by atoms with van der Waals surface area (Å²) in [5.74, 6) is 0.838. The van der Waals surface area contributed by atoms with Gasteiger partial charge in [-0.3, -0.25) is 9.89 Å². The Bertz CT molecular complexity index is 678. The van der Waals surface area contributed by atoms with Crippen LogP contribution >= 0.6 is 12.2 Å². The molecule has 3 N–H and O–H groups in total. The molecular formula is C14H18N4O2S. The highest BCUT2D eigenvalue weighted by Gasteiger charge is 2.08. The van der Waals surface area contributed by atoms with Crippen LogP contribution < -0.4 is 5.32 Å². The lowest BCUT2D eigenvalue weighted by atomic mass is 10.1. The number of rotatable bonds is 6. The third-order valence-corrected chi connectivity index (χ3v) is 3.52. The minimum absolute atomic E-state index is 0.0881. The van der Waals surface area contributed by atoms with Crippen molar-refractivity contribution in [3.05, 3.63) is 40.4 Å². The number of aryl methyl sites for hydroxylation is 1. The minimum atomic E-state index is -0.0881. The molecule has 0 unspecified atom stereocenters. The lowest BCUT2D eigenvalue weighted by Gasteiger charge is -2.07. The molecular weight excluding hydrogens is 288 g/mol. The molecule has 2 aromatic rings. The van der Waals surface area contributed by atoms with Crippen molar-refractivity contribution in [2.45, 2.75) is 32.9 Å². The van der Waals surface area contributed by atoms with E-state index in [1.54, 1.807) is 12.1 Å². The van der Waals surface area contributed by atoms with Crippen molar-refractivity contribution in [2.75, 3.05) is 0 Å². The van der Waals surface area contributed by atoms with Crippen LogP contribution in [0.25, 0.3) is 0 Å². The van der Waals surface area contributed by atoms with Gasteiger partial charge in [-0.05, 0) is 37.2 Å². The van der Waals surface area contributed by atoms with Crippen LogP contribution in [-0.2, 0) is 24.3 Å². The van der Waals surface area contributed by atoms with Crippen molar-refractivity contribution >= 4 is 18.1 Å². The SMILES string of the molecule is CCn1c(CNC(=O)CCc2ccccc2O)n[nH]c1=S. The number of aromatic nitrogens is 3. The van der Waals surface area contributed by atoms with E-state index in [1.165, 1.54) is 0 Å². The zero-order chi connectivity index (χ0) is 15.2. The normalized spacial score (nSPS) is 10.5. The summed E-state index contributed by atoms with van der Waals surface area (Å²) in [4.78, 5) is 11.8. The number of para-hydroxylation sites is 1. The van der Waals surface area contributed by atoms with Gasteiger partial charge < -0.3 is 15.0 Å². The summed E-state index contributed by atoms with van der Waals surface area (Å²) in [6, 6.07) is 7.02. The van der Waals surface area contributed by atoms with Crippen LogP contribution in [0.2, 0.25) is 0 Å². The fourth-order valence-electron chi connectivity index (χ4n) is 2.05. The number of aromatic amines is 1. The number of aromatic hydroxyl groups is 1. The van der Waals surface area contributed by atoms with Crippen molar-refractivity contribution in [1.29, 1.82) is 0 Å². The van der Waals surface area contributed by atoms with Crippen LogP contribution in [0, 0.1) is 4.77 Å². The van der Waals surface area contributed by atoms with E-state index in [-0.39, 0.29) is 11.7 Å². The minimum Gasteiger partial charge on any atom is -0.508 e. The zero-order valence-electron chi connectivity index (χ0n) is 11.8. The summed E-state index contributed by atoms with van der Waals surface area (Å²) in [7, 11) is 0. The molecule has 0 aliphatic carbocycles. The third-order valence-electron chi connectivity index (χ3n) is 3.21. The highest BCUT2D eigenvalue weighted by Crippen LogP contribution is 2.17. The summed E-state index contributed by atoms with van der Waals surface area (Å²) in [6.45, 7) is 3.01. The van der Waals surface area contributed by atoms with E-state index in [0.29, 0.717) is 36.5 Å². The summed E-state index contributed by atoms with van der Waals surface area (Å²) in [6.07, 6.45) is 0.813. The first-order chi connectivity index (χ1) is 10.1. The third kappa shape index (κ3) is 3.91. The van der Waals surface area contributed by atoms with Gasteiger partial charge in [0.1, 0.15) is 5.75 Å². The monoisotopic (exact) mass is 306 g/mol. The van der Waals surface area contributed by atoms with Gasteiger partial charge in [0.25, 0.3) is 0 Å². The standard InChI is InChI=1S/C14H18N4O2S/c1-2-18-12(16-17-14(18)21)9-15-13(20)8-7-10-5-3-4-6-11(10)19/h3-6,19H,2,7-9H2,1H3,(H,15,20)(H,17,21). The van der Waals surface area contributed by atoms with E-state index in [2.05, 4.69) is 15.5 Å². The van der Waals surface area contributed by atoms with Crippen molar-refractivity contribution in [3.8, 4) is 5.75 Å². The lowest BCUT2D eigenvalue weighted by molar-refractivity contribution is -0.121. The van der Waals surface area contributed by atoms with Gasteiger partial charge in [0.05, 0.1) is 6.54 Å². The molecule has 0 fully saturated rings. The van der Waals surface area contributed by atoms with E-state index in [4.69, 9.17) is 12.2 Å². The molecule has 1 aromatic heterocycles. The largest absolute Gasteiger partial charge is 0.508 e. The highest BCUT2D eigenvalue weighted by molar-refractivity contribution is 7.71. The first-order valence-electron chi connectivity index (χ1n) is 6.79. The quantitative estimate of drug-likeness (QED) is 0.712. The van der Waals surface area contributed by atoms with Crippen LogP contribution in [0.3, 0.4) is 0 Å². The van der Waals surface area contributed by atoms with Crippen molar-refractivity contribution in [3.63, 3.8) is 0 Å². The number of carbonyl (C=O) groups is 1. The Hall–Kier alpha value is -2.15. The van der Waals surface area contributed by atoms with Crippen molar-refractivity contribution < 1.29 is 9.90 Å². The maximum absolute atomic E-state index is 11.8. The number of nitrogens with one attached hydrogen (secondary N) is 2. The van der Waals surface area contributed by atoms with Gasteiger partial charge in [0.2, 0.25) is 5.91 Å². The van der Waals surface area contributed by atoms with Crippen LogP contribution in [0.4, 0.5) is 0 Å². The molecule has 2 rings (SSSR count). The number of carbonyl (C=O) groups excluding carboxylic acids is 1. The second-order valence-corrected chi connectivity index (χ2v) is 4.98. The fourth-order valence-corrected chi connectivity index (χ4v) is 2.33. The number of nitrogens with zero attached hydrogens (tertiary/aromatic N) is 2. The Balaban J connectivity index is 1.85. The van der Waals surface area contributed by atoms with Gasteiger partial charge in [-0.2, -0.15) is 5.10 Å². The summed E-state index contributed by atoms with van der Waals surface area (Å²) in [5, 5.41) is 19.2. The molecule has 1 heterocycles. The Morgan fingerprint density at radius 3 is 2.95 bits per heavy atom. The molecule has 1 amide bonds. The van der Waals surface area contributed by atoms with Gasteiger partial charge in [-0.15, -0.1) is 0 Å². The molecule has 112 valence electrons. The number of phenols is 1. The molecule has 0 atom stereocenters. The maximum Gasteiger partial charge on any atom is 0.220 e. The maximum atomic E-state index is 11.8. The Morgan fingerprint density at radius 1 is 1.48 bits per heavy atom. The molecule has 21 heavy (non-hydrogen) atoms. The van der Waals surface area contributed by atoms with E-state index < -0.39 is 0 Å². The van der Waals surface area contributed by atoms with E-state index in [9.17, 15) is 9.90 Å². The molecule has 6 nitrogen and oxygen atoms in total. The number of hydrogen-bond acceptors (Lipinski definition) is 4. The average Bonchev–Trinajstić information content (AvgIpc) is 2.84. The summed E-state index contributed by atoms with van der Waals surface area (Å²) >= 11 is 5.09. The molecule has 0 spiro atoms. The molecule has 0 aliphatic rings. The van der Waals surface area contributed by atoms with Crippen LogP contribution in [-0.4, -0.2) is 25.8 Å². The van der Waals surface area contributed by atoms with E-state index in [1.807, 2.05) is 23.6 Å². The second-order valence-electron chi connectivity index (χ2n) is 4.59. The number of phenolic OH excluding ortho intramolecular Hbond substituents is 1. The van der Waals surface area contributed by atoms with Gasteiger partial charge in [0.15, 0.2) is 10.6 Å². The van der Waals surface area contributed by atoms with E-state index >= 15 is 0 Å². The van der Waals surface area contributed by atoms with Crippen LogP contribution in [0.15, 0.2) is 24.3 Å². The average molecular weight is 306 g/mol. The Kier molecular flexibility index (Phi) is 5.10. The Labute approximate surface area is 127 Å². The van der Waals surface area contributed by atoms with Gasteiger partial charge in [-0.1, -0.05) is 18.2 Å². The topological polar surface area (TPSA) is 82.9 Å². The molecule has 0 aliphatic heterocycles. The molecule has 0 bridgehead atoms. The number of amides is 1. The van der Waals surface area contributed by atoms with Crippen molar-refractivity contribution in [2.24, 2.45) is 0 Å². The number of H-pyrrole nitrogens is 1.